The Morgan fingerprint density at radius 1 is 1.24 bits per heavy atom. The molecule has 0 saturated carbocycles. The van der Waals surface area contributed by atoms with Gasteiger partial charge in [-0.05, 0) is 44.5 Å². The van der Waals surface area contributed by atoms with E-state index < -0.39 is 0 Å². The number of pyridine rings is 1. The zero-order chi connectivity index (χ0) is 14.7. The number of hydrogen-bond acceptors (Lipinski definition) is 4. The predicted molar refractivity (Wildman–Crippen MR) is 83.5 cm³/mol. The lowest BCUT2D eigenvalue weighted by Gasteiger charge is -2.32. The number of likely N-dealkylation sites (tertiary alicyclic amines) is 2. The van der Waals surface area contributed by atoms with Gasteiger partial charge in [-0.15, -0.1) is 0 Å². The highest BCUT2D eigenvalue weighted by atomic mass is 16.2. The third-order valence-electron chi connectivity index (χ3n) is 4.58. The number of nitrogens with one attached hydrogen (secondary N) is 1. The zero-order valence-corrected chi connectivity index (χ0v) is 12.7. The lowest BCUT2D eigenvalue weighted by atomic mass is 10.1. The molecule has 1 amide bonds. The van der Waals surface area contributed by atoms with Crippen LogP contribution in [0.5, 0.6) is 0 Å². The second kappa shape index (κ2) is 6.43. The molecular formula is C16H24N4O. The second-order valence-corrected chi connectivity index (χ2v) is 5.95. The van der Waals surface area contributed by atoms with E-state index in [1.54, 1.807) is 6.07 Å². The van der Waals surface area contributed by atoms with Crippen molar-refractivity contribution in [3.63, 3.8) is 0 Å². The van der Waals surface area contributed by atoms with Crippen molar-refractivity contribution in [1.82, 2.24) is 14.8 Å². The number of piperidine rings is 1. The molecule has 2 aliphatic rings. The molecule has 0 bridgehead atoms. The minimum atomic E-state index is 0.0617. The first-order chi connectivity index (χ1) is 10.3. The first-order valence-electron chi connectivity index (χ1n) is 7.96. The molecule has 1 N–H and O–H groups in total. The number of nitrogens with zero attached hydrogens (tertiary/aromatic N) is 3. The molecule has 1 aromatic heterocycles. The number of aromatic nitrogens is 1. The van der Waals surface area contributed by atoms with E-state index >= 15 is 0 Å². The van der Waals surface area contributed by atoms with Crippen LogP contribution >= 0.6 is 0 Å². The van der Waals surface area contributed by atoms with E-state index in [0.29, 0.717) is 11.7 Å². The van der Waals surface area contributed by atoms with Crippen molar-refractivity contribution < 1.29 is 4.79 Å². The normalized spacial score (nSPS) is 23.3. The van der Waals surface area contributed by atoms with E-state index in [2.05, 4.69) is 15.2 Å². The molecule has 1 unspecified atom stereocenters. The van der Waals surface area contributed by atoms with Crippen molar-refractivity contribution in [1.29, 1.82) is 0 Å². The van der Waals surface area contributed by atoms with Gasteiger partial charge < -0.3 is 10.2 Å². The highest BCUT2D eigenvalue weighted by molar-refractivity contribution is 5.92. The molecule has 2 aliphatic heterocycles. The largest absolute Gasteiger partial charge is 0.373 e. The van der Waals surface area contributed by atoms with Crippen LogP contribution in [0.3, 0.4) is 0 Å². The highest BCUT2D eigenvalue weighted by Crippen LogP contribution is 2.21. The molecular weight excluding hydrogens is 264 g/mol. The van der Waals surface area contributed by atoms with E-state index in [0.717, 1.165) is 25.3 Å². The minimum Gasteiger partial charge on any atom is -0.373 e. The molecule has 1 atom stereocenters. The molecule has 0 aliphatic carbocycles. The van der Waals surface area contributed by atoms with Crippen LogP contribution in [0.25, 0.3) is 0 Å². The van der Waals surface area contributed by atoms with Crippen LogP contribution in [0, 0.1) is 0 Å². The molecule has 0 radical (unpaired) electrons. The molecule has 114 valence electrons. The summed E-state index contributed by atoms with van der Waals surface area (Å²) >= 11 is 0. The maximum atomic E-state index is 12.6. The Kier molecular flexibility index (Phi) is 4.39. The fourth-order valence-electron chi connectivity index (χ4n) is 3.36. The van der Waals surface area contributed by atoms with Gasteiger partial charge in [0.1, 0.15) is 11.5 Å². The summed E-state index contributed by atoms with van der Waals surface area (Å²) in [5.74, 6) is 0.805. The maximum Gasteiger partial charge on any atom is 0.272 e. The van der Waals surface area contributed by atoms with Gasteiger partial charge in [-0.2, -0.15) is 0 Å². The number of carbonyl (C=O) groups is 1. The first-order valence-corrected chi connectivity index (χ1v) is 7.96. The Hall–Kier alpha value is -1.62. The zero-order valence-electron chi connectivity index (χ0n) is 12.7. The summed E-state index contributed by atoms with van der Waals surface area (Å²) in [6, 6.07) is 6.10. The molecule has 0 aromatic carbocycles. The summed E-state index contributed by atoms with van der Waals surface area (Å²) in [7, 11) is 1.82. The highest BCUT2D eigenvalue weighted by Gasteiger charge is 2.31. The molecule has 0 spiro atoms. The number of anilines is 1. The molecule has 3 rings (SSSR count). The summed E-state index contributed by atoms with van der Waals surface area (Å²) in [6.45, 7) is 4.09. The van der Waals surface area contributed by atoms with E-state index in [1.165, 1.54) is 32.4 Å². The average Bonchev–Trinajstić information content (AvgIpc) is 3.05. The van der Waals surface area contributed by atoms with Crippen LogP contribution in [0.1, 0.15) is 36.2 Å². The third kappa shape index (κ3) is 3.18. The summed E-state index contributed by atoms with van der Waals surface area (Å²) in [5.41, 5.74) is 0.543. The van der Waals surface area contributed by atoms with Gasteiger partial charge in [0.05, 0.1) is 0 Å². The Morgan fingerprint density at radius 2 is 2.05 bits per heavy atom. The van der Waals surface area contributed by atoms with Gasteiger partial charge in [0, 0.05) is 26.2 Å². The van der Waals surface area contributed by atoms with Crippen molar-refractivity contribution in [2.45, 2.75) is 31.7 Å². The fraction of sp³-hybridized carbons (Fsp3) is 0.625. The quantitative estimate of drug-likeness (QED) is 0.922. The van der Waals surface area contributed by atoms with E-state index in [9.17, 15) is 4.79 Å². The van der Waals surface area contributed by atoms with Gasteiger partial charge in [0.25, 0.3) is 5.91 Å². The molecule has 5 heteroatoms. The lowest BCUT2D eigenvalue weighted by Crippen LogP contribution is -2.41. The van der Waals surface area contributed by atoms with Crippen molar-refractivity contribution >= 4 is 11.7 Å². The molecule has 5 nitrogen and oxygen atoms in total. The van der Waals surface area contributed by atoms with Crippen LogP contribution < -0.4 is 5.32 Å². The summed E-state index contributed by atoms with van der Waals surface area (Å²) < 4.78 is 0. The monoisotopic (exact) mass is 288 g/mol. The Labute approximate surface area is 126 Å². The lowest BCUT2D eigenvalue weighted by molar-refractivity contribution is 0.0766. The Bertz CT molecular complexity index is 499. The molecule has 1 aromatic rings. The topological polar surface area (TPSA) is 48.5 Å². The molecule has 2 fully saturated rings. The average molecular weight is 288 g/mol. The molecule has 21 heavy (non-hydrogen) atoms. The van der Waals surface area contributed by atoms with Gasteiger partial charge in [0.15, 0.2) is 0 Å². The Balaban J connectivity index is 1.63. The third-order valence-corrected chi connectivity index (χ3v) is 4.58. The summed E-state index contributed by atoms with van der Waals surface area (Å²) in [6.07, 6.45) is 5.05. The summed E-state index contributed by atoms with van der Waals surface area (Å²) in [5, 5.41) is 2.98. The van der Waals surface area contributed by atoms with Crippen LogP contribution in [-0.4, -0.2) is 60.0 Å². The van der Waals surface area contributed by atoms with Crippen molar-refractivity contribution in [3.8, 4) is 0 Å². The predicted octanol–water partition coefficient (Wildman–Crippen LogP) is 1.82. The van der Waals surface area contributed by atoms with Crippen LogP contribution in [0.4, 0.5) is 5.82 Å². The molecule has 2 saturated heterocycles. The standard InChI is InChI=1S/C16H24N4O/c1-17-15-7-5-6-14(18-15)16(21)20-11-8-13(12-20)19-9-3-2-4-10-19/h5-7,13H,2-4,8-12H2,1H3,(H,17,18). The van der Waals surface area contributed by atoms with Crippen LogP contribution in [0.15, 0.2) is 18.2 Å². The summed E-state index contributed by atoms with van der Waals surface area (Å²) in [4.78, 5) is 21.4. The van der Waals surface area contributed by atoms with Gasteiger partial charge in [-0.25, -0.2) is 4.98 Å². The fourth-order valence-corrected chi connectivity index (χ4v) is 3.36. The number of amides is 1. The van der Waals surface area contributed by atoms with E-state index in [-0.39, 0.29) is 5.91 Å². The Morgan fingerprint density at radius 3 is 2.81 bits per heavy atom. The van der Waals surface area contributed by atoms with Crippen LogP contribution in [0.2, 0.25) is 0 Å². The minimum absolute atomic E-state index is 0.0617. The first kappa shape index (κ1) is 14.3. The van der Waals surface area contributed by atoms with Crippen molar-refractivity contribution in [2.24, 2.45) is 0 Å². The van der Waals surface area contributed by atoms with E-state index in [1.807, 2.05) is 24.1 Å². The number of carbonyl (C=O) groups excluding carboxylic acids is 1. The maximum absolute atomic E-state index is 12.6. The number of rotatable bonds is 3. The van der Waals surface area contributed by atoms with Gasteiger partial charge in [-0.1, -0.05) is 12.5 Å². The smallest absolute Gasteiger partial charge is 0.272 e. The van der Waals surface area contributed by atoms with Crippen molar-refractivity contribution in [2.75, 3.05) is 38.5 Å². The SMILES string of the molecule is CNc1cccc(C(=O)N2CCC(N3CCCCC3)C2)n1. The number of hydrogen-bond donors (Lipinski definition) is 1. The van der Waals surface area contributed by atoms with Crippen molar-refractivity contribution in [3.05, 3.63) is 23.9 Å². The van der Waals surface area contributed by atoms with Gasteiger partial charge in [0.2, 0.25) is 0 Å². The van der Waals surface area contributed by atoms with Crippen LogP contribution in [-0.2, 0) is 0 Å². The van der Waals surface area contributed by atoms with Gasteiger partial charge >= 0.3 is 0 Å². The van der Waals surface area contributed by atoms with E-state index in [4.69, 9.17) is 0 Å². The molecule has 3 heterocycles. The second-order valence-electron chi connectivity index (χ2n) is 5.95. The van der Waals surface area contributed by atoms with Gasteiger partial charge in [-0.3, -0.25) is 9.69 Å².